The zero-order valence-electron chi connectivity index (χ0n) is 31.5. The lowest BCUT2D eigenvalue weighted by atomic mass is 9.98. The van der Waals surface area contributed by atoms with E-state index in [0.717, 1.165) is 72.6 Å². The number of esters is 1. The molecular formula is C50H38N4O3. The van der Waals surface area contributed by atoms with Gasteiger partial charge < -0.3 is 19.8 Å². The van der Waals surface area contributed by atoms with Gasteiger partial charge in [0.05, 0.1) is 34.9 Å². The minimum Gasteiger partial charge on any atom is -0.512 e. The molecule has 2 aliphatic heterocycles. The molecule has 8 bridgehead atoms. The number of carbonyl (C=O) groups excluding carboxylic acids is 1. The van der Waals surface area contributed by atoms with Crippen molar-refractivity contribution in [3.8, 4) is 44.5 Å². The molecule has 0 atom stereocenters. The van der Waals surface area contributed by atoms with Gasteiger partial charge in [0, 0.05) is 44.4 Å². The molecule has 0 unspecified atom stereocenters. The Morgan fingerprint density at radius 3 is 1.33 bits per heavy atom. The Morgan fingerprint density at radius 1 is 0.544 bits per heavy atom. The average Bonchev–Trinajstić information content (AvgIpc) is 4.08. The van der Waals surface area contributed by atoms with Gasteiger partial charge in [-0.05, 0) is 78.6 Å². The van der Waals surface area contributed by atoms with Gasteiger partial charge in [-0.2, -0.15) is 0 Å². The van der Waals surface area contributed by atoms with E-state index in [1.165, 1.54) is 6.92 Å². The number of benzene rings is 4. The number of rotatable bonds is 7. The Balaban J connectivity index is 1.54. The number of carbonyl (C=O) groups is 1. The Kier molecular flexibility index (Phi) is 9.24. The van der Waals surface area contributed by atoms with Crippen LogP contribution in [0.4, 0.5) is 0 Å². The van der Waals surface area contributed by atoms with Crippen molar-refractivity contribution in [2.24, 2.45) is 0 Å². The second-order valence-corrected chi connectivity index (χ2v) is 13.8. The highest BCUT2D eigenvalue weighted by atomic mass is 16.5. The van der Waals surface area contributed by atoms with Gasteiger partial charge in [0.15, 0.2) is 0 Å². The van der Waals surface area contributed by atoms with E-state index in [2.05, 4.69) is 64.6 Å². The molecule has 5 heterocycles. The SMILES string of the molecule is CCOC(=O)/C(=C(/C)O)c1cc2[nH]c1c(-c1ccccc1)c1nc(c(-c3ccccc3)c3ccc([nH]3)c(-c3ccccc3)c3nc(c2-c2ccccc2)C=C3)C=C1. The van der Waals surface area contributed by atoms with Crippen LogP contribution in [0.1, 0.15) is 42.2 Å². The van der Waals surface area contributed by atoms with Crippen molar-refractivity contribution in [2.75, 3.05) is 6.61 Å². The van der Waals surface area contributed by atoms with E-state index >= 15 is 0 Å². The van der Waals surface area contributed by atoms with E-state index < -0.39 is 5.97 Å². The van der Waals surface area contributed by atoms with Gasteiger partial charge in [0.2, 0.25) is 0 Å². The average molecular weight is 743 g/mol. The summed E-state index contributed by atoms with van der Waals surface area (Å²) in [6.45, 7) is 3.41. The van der Waals surface area contributed by atoms with Crippen LogP contribution in [0.15, 0.2) is 145 Å². The van der Waals surface area contributed by atoms with E-state index in [1.54, 1.807) is 6.92 Å². The fourth-order valence-electron chi connectivity index (χ4n) is 7.77. The highest BCUT2D eigenvalue weighted by Gasteiger charge is 2.25. The van der Waals surface area contributed by atoms with Crippen molar-refractivity contribution in [2.45, 2.75) is 13.8 Å². The third kappa shape index (κ3) is 6.55. The van der Waals surface area contributed by atoms with Crippen molar-refractivity contribution in [1.29, 1.82) is 0 Å². The number of H-pyrrole nitrogens is 2. The fraction of sp³-hybridized carbons (Fsp3) is 0.0600. The molecule has 0 saturated carbocycles. The first-order valence-electron chi connectivity index (χ1n) is 19.0. The molecule has 57 heavy (non-hydrogen) atoms. The lowest BCUT2D eigenvalue weighted by molar-refractivity contribution is -0.136. The molecule has 3 N–H and O–H groups in total. The maximum atomic E-state index is 13.8. The molecule has 0 fully saturated rings. The smallest absolute Gasteiger partial charge is 0.342 e. The first-order chi connectivity index (χ1) is 28.0. The van der Waals surface area contributed by atoms with Crippen LogP contribution in [0, 0.1) is 0 Å². The first-order valence-corrected chi connectivity index (χ1v) is 19.0. The number of allylic oxidation sites excluding steroid dienone is 1. The Bertz CT molecular complexity index is 2920. The molecular weight excluding hydrogens is 705 g/mol. The number of fused-ring (bicyclic) bond motifs is 8. The van der Waals surface area contributed by atoms with E-state index in [4.69, 9.17) is 14.7 Å². The highest BCUT2D eigenvalue weighted by Crippen LogP contribution is 2.41. The third-order valence-corrected chi connectivity index (χ3v) is 10.2. The molecule has 276 valence electrons. The molecule has 0 aliphatic carbocycles. The summed E-state index contributed by atoms with van der Waals surface area (Å²) >= 11 is 0. The number of aromatic amines is 2. The normalized spacial score (nSPS) is 12.4. The van der Waals surface area contributed by atoms with Crippen LogP contribution in [0.3, 0.4) is 0 Å². The lowest BCUT2D eigenvalue weighted by Gasteiger charge is -2.10. The van der Waals surface area contributed by atoms with Gasteiger partial charge in [-0.1, -0.05) is 121 Å². The molecule has 2 aliphatic rings. The predicted octanol–water partition coefficient (Wildman–Crippen LogP) is 12.2. The zero-order valence-corrected chi connectivity index (χ0v) is 31.5. The van der Waals surface area contributed by atoms with Gasteiger partial charge in [0.25, 0.3) is 0 Å². The summed E-state index contributed by atoms with van der Waals surface area (Å²) in [6, 6.07) is 46.7. The summed E-state index contributed by atoms with van der Waals surface area (Å²) in [4.78, 5) is 32.1. The largest absolute Gasteiger partial charge is 0.512 e. The minimum absolute atomic E-state index is 0.0610. The van der Waals surface area contributed by atoms with Crippen LogP contribution < -0.4 is 0 Å². The van der Waals surface area contributed by atoms with Gasteiger partial charge in [-0.25, -0.2) is 14.8 Å². The molecule has 9 rings (SSSR count). The van der Waals surface area contributed by atoms with E-state index in [0.29, 0.717) is 22.3 Å². The van der Waals surface area contributed by atoms with E-state index in [1.807, 2.05) is 109 Å². The second kappa shape index (κ2) is 15.0. The fourth-order valence-corrected chi connectivity index (χ4v) is 7.77. The van der Waals surface area contributed by atoms with E-state index in [9.17, 15) is 9.90 Å². The molecule has 3 aromatic heterocycles. The van der Waals surface area contributed by atoms with Crippen LogP contribution in [0.2, 0.25) is 0 Å². The Labute approximate surface area is 330 Å². The van der Waals surface area contributed by atoms with Crippen LogP contribution in [-0.2, 0) is 9.53 Å². The van der Waals surface area contributed by atoms with Gasteiger partial charge in [0.1, 0.15) is 11.3 Å². The number of nitrogens with zero attached hydrogens (tertiary/aromatic N) is 2. The van der Waals surface area contributed by atoms with Gasteiger partial charge >= 0.3 is 5.97 Å². The van der Waals surface area contributed by atoms with Crippen LogP contribution >= 0.6 is 0 Å². The summed E-state index contributed by atoms with van der Waals surface area (Å²) in [7, 11) is 0. The van der Waals surface area contributed by atoms with Crippen molar-refractivity contribution in [3.63, 3.8) is 0 Å². The number of hydrogen-bond acceptors (Lipinski definition) is 5. The molecule has 7 nitrogen and oxygen atoms in total. The number of hydrogen-bond donors (Lipinski definition) is 3. The Hall–Kier alpha value is -7.51. The van der Waals surface area contributed by atoms with Crippen molar-refractivity contribution < 1.29 is 14.6 Å². The van der Waals surface area contributed by atoms with E-state index in [-0.39, 0.29) is 17.9 Å². The molecule has 0 spiro atoms. The summed E-state index contributed by atoms with van der Waals surface area (Å²) in [5.74, 6) is -0.786. The summed E-state index contributed by atoms with van der Waals surface area (Å²) in [6.07, 6.45) is 8.15. The monoisotopic (exact) mass is 742 g/mol. The molecule has 0 amide bonds. The number of aliphatic hydroxyl groups excluding tert-OH is 1. The summed E-state index contributed by atoms with van der Waals surface area (Å²) < 4.78 is 5.57. The number of nitrogens with one attached hydrogen (secondary N) is 2. The number of aliphatic hydroxyl groups is 1. The molecule has 7 aromatic rings. The zero-order chi connectivity index (χ0) is 38.9. The predicted molar refractivity (Wildman–Crippen MR) is 232 cm³/mol. The molecule has 0 radical (unpaired) electrons. The molecule has 7 heteroatoms. The third-order valence-electron chi connectivity index (χ3n) is 10.2. The summed E-state index contributed by atoms with van der Waals surface area (Å²) in [5.41, 5.74) is 13.9. The minimum atomic E-state index is -0.627. The van der Waals surface area contributed by atoms with Crippen molar-refractivity contribution in [1.82, 2.24) is 19.9 Å². The summed E-state index contributed by atoms with van der Waals surface area (Å²) in [5, 5.41) is 11.3. The van der Waals surface area contributed by atoms with Crippen LogP contribution in [-0.4, -0.2) is 37.6 Å². The molecule has 0 saturated heterocycles. The van der Waals surface area contributed by atoms with Crippen molar-refractivity contribution >= 4 is 57.9 Å². The first kappa shape index (κ1) is 35.2. The van der Waals surface area contributed by atoms with Gasteiger partial charge in [-0.15, -0.1) is 0 Å². The standard InChI is InChI=1S/C50H38N4O3/c1-3-57-50(56)44(31(2)55)36-30-43-47(34-20-12-6-13-21-34)41-27-26-39(52-41)45(32-16-8-4-9-17-32)37-24-25-38(51-37)46(33-18-10-5-11-19-33)40-28-29-42(53-40)48(49(36)54-43)35-22-14-7-15-23-35/h4-30,51,54-55H,3H2,1-2H3/b44-31-,45-37?,45-39?,46-38?,46-40?,47-41?,47-43?,48-42?,49-48?. The quantitative estimate of drug-likeness (QED) is 0.0857. The maximum Gasteiger partial charge on any atom is 0.342 e. The maximum absolute atomic E-state index is 13.8. The van der Waals surface area contributed by atoms with Crippen molar-refractivity contribution in [3.05, 3.63) is 174 Å². The number of aromatic nitrogens is 4. The highest BCUT2D eigenvalue weighted by molar-refractivity contribution is 6.21. The van der Waals surface area contributed by atoms with Gasteiger partial charge in [-0.3, -0.25) is 0 Å². The van der Waals surface area contributed by atoms with Crippen LogP contribution in [0.25, 0.3) is 96.5 Å². The second-order valence-electron chi connectivity index (χ2n) is 13.8. The number of ether oxygens (including phenoxy) is 1. The lowest BCUT2D eigenvalue weighted by Crippen LogP contribution is -2.08. The molecule has 4 aromatic carbocycles. The topological polar surface area (TPSA) is 104 Å². The van der Waals surface area contributed by atoms with Crippen LogP contribution in [0.5, 0.6) is 0 Å². The Morgan fingerprint density at radius 2 is 0.930 bits per heavy atom.